The van der Waals surface area contributed by atoms with E-state index in [1.807, 2.05) is 6.92 Å². The number of likely N-dealkylation sites (N-methyl/N-ethyl adjacent to an activating group) is 1. The summed E-state index contributed by atoms with van der Waals surface area (Å²) < 4.78 is 0. The zero-order chi connectivity index (χ0) is 11.3. The number of piperazine rings is 1. The second-order valence-electron chi connectivity index (χ2n) is 4.50. The number of carbonyl (C=O) groups excluding carboxylic acids is 1. The monoisotopic (exact) mass is 213 g/mol. The lowest BCUT2D eigenvalue weighted by molar-refractivity contribution is -0.127. The molecule has 1 fully saturated rings. The highest BCUT2D eigenvalue weighted by Gasteiger charge is 2.28. The fourth-order valence-corrected chi connectivity index (χ4v) is 1.98. The Morgan fingerprint density at radius 2 is 2.33 bits per heavy atom. The summed E-state index contributed by atoms with van der Waals surface area (Å²) in [6.45, 7) is 10.8. The van der Waals surface area contributed by atoms with Crippen molar-refractivity contribution in [3.8, 4) is 0 Å². The van der Waals surface area contributed by atoms with Gasteiger partial charge in [0.2, 0.25) is 5.91 Å². The predicted octanol–water partition coefficient (Wildman–Crippen LogP) is 0.0523. The third-order valence-electron chi connectivity index (χ3n) is 2.61. The molecular weight excluding hydrogens is 190 g/mol. The molecule has 0 radical (unpaired) electrons. The van der Waals surface area contributed by atoms with Crippen LogP contribution in [0.5, 0.6) is 0 Å². The highest BCUT2D eigenvalue weighted by atomic mass is 16.2. The number of nitrogens with one attached hydrogen (secondary N) is 2. The summed E-state index contributed by atoms with van der Waals surface area (Å²) in [6.07, 6.45) is 0. The molecule has 1 heterocycles. The minimum Gasteiger partial charge on any atom is -0.355 e. The van der Waals surface area contributed by atoms with Crippen molar-refractivity contribution < 1.29 is 4.79 Å². The Hall–Kier alpha value is -0.610. The van der Waals surface area contributed by atoms with Crippen LogP contribution >= 0.6 is 0 Å². The van der Waals surface area contributed by atoms with E-state index in [0.717, 1.165) is 26.2 Å². The van der Waals surface area contributed by atoms with E-state index in [1.54, 1.807) is 0 Å². The number of carbonyl (C=O) groups is 1. The van der Waals surface area contributed by atoms with Gasteiger partial charge in [-0.2, -0.15) is 0 Å². The first-order valence-corrected chi connectivity index (χ1v) is 5.87. The molecule has 1 aliphatic heterocycles. The summed E-state index contributed by atoms with van der Waals surface area (Å²) in [4.78, 5) is 14.1. The molecule has 0 aromatic rings. The van der Waals surface area contributed by atoms with E-state index in [2.05, 4.69) is 29.4 Å². The molecular formula is C11H23N3O. The van der Waals surface area contributed by atoms with Gasteiger partial charge in [-0.1, -0.05) is 13.8 Å². The van der Waals surface area contributed by atoms with E-state index >= 15 is 0 Å². The van der Waals surface area contributed by atoms with Crippen LogP contribution in [0.3, 0.4) is 0 Å². The summed E-state index contributed by atoms with van der Waals surface area (Å²) in [5, 5.41) is 6.17. The normalized spacial score (nSPS) is 23.1. The summed E-state index contributed by atoms with van der Waals surface area (Å²) in [5.74, 6) is 0.769. The molecule has 4 heteroatoms. The average molecular weight is 213 g/mol. The van der Waals surface area contributed by atoms with E-state index in [4.69, 9.17) is 0 Å². The van der Waals surface area contributed by atoms with Crippen molar-refractivity contribution in [1.82, 2.24) is 15.5 Å². The maximum atomic E-state index is 11.8. The van der Waals surface area contributed by atoms with E-state index in [-0.39, 0.29) is 11.9 Å². The van der Waals surface area contributed by atoms with Gasteiger partial charge in [-0.25, -0.2) is 0 Å². The molecule has 1 unspecified atom stereocenters. The van der Waals surface area contributed by atoms with Crippen LogP contribution in [0.4, 0.5) is 0 Å². The summed E-state index contributed by atoms with van der Waals surface area (Å²) >= 11 is 0. The molecule has 1 saturated heterocycles. The van der Waals surface area contributed by atoms with E-state index in [1.165, 1.54) is 0 Å². The first kappa shape index (κ1) is 12.5. The van der Waals surface area contributed by atoms with Crippen molar-refractivity contribution in [2.24, 2.45) is 5.92 Å². The van der Waals surface area contributed by atoms with Gasteiger partial charge in [-0.3, -0.25) is 9.69 Å². The Morgan fingerprint density at radius 3 is 2.93 bits per heavy atom. The van der Waals surface area contributed by atoms with Crippen molar-refractivity contribution in [1.29, 1.82) is 0 Å². The Morgan fingerprint density at radius 1 is 1.60 bits per heavy atom. The zero-order valence-electron chi connectivity index (χ0n) is 10.0. The molecule has 0 bridgehead atoms. The third kappa shape index (κ3) is 3.80. The largest absolute Gasteiger partial charge is 0.355 e. The van der Waals surface area contributed by atoms with Gasteiger partial charge in [0.15, 0.2) is 0 Å². The van der Waals surface area contributed by atoms with E-state index in [9.17, 15) is 4.79 Å². The highest BCUT2D eigenvalue weighted by molar-refractivity contribution is 5.82. The number of amides is 1. The van der Waals surface area contributed by atoms with Crippen LogP contribution in [0.25, 0.3) is 0 Å². The second kappa shape index (κ2) is 6.08. The smallest absolute Gasteiger partial charge is 0.238 e. The molecule has 0 saturated carbocycles. The first-order chi connectivity index (χ1) is 7.15. The quantitative estimate of drug-likeness (QED) is 0.694. The fraction of sp³-hybridized carbons (Fsp3) is 0.909. The summed E-state index contributed by atoms with van der Waals surface area (Å²) in [7, 11) is 0. The Bertz CT molecular complexity index is 206. The molecule has 1 atom stereocenters. The average Bonchev–Trinajstić information content (AvgIpc) is 2.18. The fourth-order valence-electron chi connectivity index (χ4n) is 1.98. The maximum absolute atomic E-state index is 11.8. The maximum Gasteiger partial charge on any atom is 0.238 e. The topological polar surface area (TPSA) is 44.4 Å². The summed E-state index contributed by atoms with van der Waals surface area (Å²) in [5.41, 5.74) is 0. The van der Waals surface area contributed by atoms with Crippen LogP contribution in [-0.4, -0.2) is 49.6 Å². The van der Waals surface area contributed by atoms with Crippen LogP contribution in [0.1, 0.15) is 20.8 Å². The minimum absolute atomic E-state index is 0.0149. The molecule has 0 aromatic heterocycles. The zero-order valence-corrected chi connectivity index (χ0v) is 10.0. The SMILES string of the molecule is CCNC(=O)C1CNCCN1CC(C)C. The van der Waals surface area contributed by atoms with Crippen LogP contribution in [0.15, 0.2) is 0 Å². The number of rotatable bonds is 4. The van der Waals surface area contributed by atoms with Crippen molar-refractivity contribution in [3.05, 3.63) is 0 Å². The summed E-state index contributed by atoms with van der Waals surface area (Å²) in [6, 6.07) is 0.0149. The molecule has 0 spiro atoms. The lowest BCUT2D eigenvalue weighted by atomic mass is 10.1. The molecule has 0 aromatic carbocycles. The van der Waals surface area contributed by atoms with Gasteiger partial charge in [0.05, 0.1) is 0 Å². The molecule has 1 rings (SSSR count). The van der Waals surface area contributed by atoms with Gasteiger partial charge >= 0.3 is 0 Å². The first-order valence-electron chi connectivity index (χ1n) is 5.87. The minimum atomic E-state index is 0.0149. The van der Waals surface area contributed by atoms with Crippen molar-refractivity contribution in [3.63, 3.8) is 0 Å². The molecule has 0 aliphatic carbocycles. The van der Waals surface area contributed by atoms with Crippen LogP contribution < -0.4 is 10.6 Å². The van der Waals surface area contributed by atoms with Crippen molar-refractivity contribution in [2.45, 2.75) is 26.8 Å². The number of hydrogen-bond acceptors (Lipinski definition) is 3. The van der Waals surface area contributed by atoms with Crippen LogP contribution in [0, 0.1) is 5.92 Å². The second-order valence-corrected chi connectivity index (χ2v) is 4.50. The lowest BCUT2D eigenvalue weighted by Crippen LogP contribution is -2.58. The van der Waals surface area contributed by atoms with Gasteiger partial charge in [0.25, 0.3) is 0 Å². The van der Waals surface area contributed by atoms with Gasteiger partial charge in [0, 0.05) is 32.7 Å². The third-order valence-corrected chi connectivity index (χ3v) is 2.61. The molecule has 2 N–H and O–H groups in total. The number of hydrogen-bond donors (Lipinski definition) is 2. The van der Waals surface area contributed by atoms with Crippen molar-refractivity contribution in [2.75, 3.05) is 32.7 Å². The molecule has 15 heavy (non-hydrogen) atoms. The lowest BCUT2D eigenvalue weighted by Gasteiger charge is -2.36. The van der Waals surface area contributed by atoms with Gasteiger partial charge in [-0.15, -0.1) is 0 Å². The highest BCUT2D eigenvalue weighted by Crippen LogP contribution is 2.07. The Kier molecular flexibility index (Phi) is 5.05. The molecule has 1 amide bonds. The van der Waals surface area contributed by atoms with Gasteiger partial charge in [-0.05, 0) is 12.8 Å². The van der Waals surface area contributed by atoms with Gasteiger partial charge in [0.1, 0.15) is 6.04 Å². The molecule has 4 nitrogen and oxygen atoms in total. The van der Waals surface area contributed by atoms with E-state index < -0.39 is 0 Å². The van der Waals surface area contributed by atoms with Gasteiger partial charge < -0.3 is 10.6 Å². The molecule has 1 aliphatic rings. The van der Waals surface area contributed by atoms with E-state index in [0.29, 0.717) is 12.5 Å². The van der Waals surface area contributed by atoms with Crippen LogP contribution in [0.2, 0.25) is 0 Å². The Labute approximate surface area is 92.4 Å². The van der Waals surface area contributed by atoms with Crippen LogP contribution in [-0.2, 0) is 4.79 Å². The van der Waals surface area contributed by atoms with Crippen molar-refractivity contribution >= 4 is 5.91 Å². The molecule has 88 valence electrons. The number of nitrogens with zero attached hydrogens (tertiary/aromatic N) is 1. The predicted molar refractivity (Wildman–Crippen MR) is 61.8 cm³/mol. The Balaban J connectivity index is 2.52. The standard InChI is InChI=1S/C11H23N3O/c1-4-13-11(15)10-7-12-5-6-14(10)8-9(2)3/h9-10,12H,4-8H2,1-3H3,(H,13,15).